The summed E-state index contributed by atoms with van der Waals surface area (Å²) in [4.78, 5) is 27.6. The van der Waals surface area contributed by atoms with Crippen LogP contribution in [0.15, 0.2) is 18.2 Å². The fourth-order valence-corrected chi connectivity index (χ4v) is 2.77. The summed E-state index contributed by atoms with van der Waals surface area (Å²) < 4.78 is 10.9. The van der Waals surface area contributed by atoms with E-state index in [1.807, 2.05) is 6.92 Å². The number of aromatic nitrogens is 1. The van der Waals surface area contributed by atoms with Gasteiger partial charge in [-0.05, 0) is 39.0 Å². The molecule has 23 heavy (non-hydrogen) atoms. The second kappa shape index (κ2) is 7.89. The molecule has 2 amide bonds. The summed E-state index contributed by atoms with van der Waals surface area (Å²) in [5.41, 5.74) is 1.39. The third kappa shape index (κ3) is 4.64. The van der Waals surface area contributed by atoms with Crippen molar-refractivity contribution in [1.82, 2.24) is 4.98 Å². The SMILES string of the molecule is CCOC(=O)Nc1nc2ccc(NC(=O)[C@H](C)OCC)cc2s1. The Hall–Kier alpha value is -2.19. The molecule has 2 rings (SSSR count). The molecule has 0 aliphatic heterocycles. The van der Waals surface area contributed by atoms with Crippen LogP contribution < -0.4 is 10.6 Å². The molecule has 2 aromatic rings. The third-order valence-corrected chi connectivity index (χ3v) is 3.86. The number of anilines is 2. The number of nitrogens with zero attached hydrogens (tertiary/aromatic N) is 1. The van der Waals surface area contributed by atoms with Gasteiger partial charge in [0.05, 0.1) is 16.8 Å². The van der Waals surface area contributed by atoms with Crippen LogP contribution in [0.4, 0.5) is 15.6 Å². The minimum absolute atomic E-state index is 0.208. The smallest absolute Gasteiger partial charge is 0.413 e. The maximum atomic E-state index is 11.9. The lowest BCUT2D eigenvalue weighted by atomic mass is 10.3. The first-order valence-electron chi connectivity index (χ1n) is 7.30. The first-order valence-corrected chi connectivity index (χ1v) is 8.12. The van der Waals surface area contributed by atoms with E-state index in [1.54, 1.807) is 32.0 Å². The summed E-state index contributed by atoms with van der Waals surface area (Å²) in [6, 6.07) is 5.34. The second-order valence-electron chi connectivity index (χ2n) is 4.63. The fraction of sp³-hybridized carbons (Fsp3) is 0.400. The van der Waals surface area contributed by atoms with E-state index in [4.69, 9.17) is 9.47 Å². The quantitative estimate of drug-likeness (QED) is 0.844. The van der Waals surface area contributed by atoms with Gasteiger partial charge in [0.2, 0.25) is 0 Å². The molecule has 124 valence electrons. The zero-order valence-electron chi connectivity index (χ0n) is 13.2. The van der Waals surface area contributed by atoms with Crippen LogP contribution >= 0.6 is 11.3 Å². The predicted octanol–water partition coefficient (Wildman–Crippen LogP) is 3.23. The van der Waals surface area contributed by atoms with Gasteiger partial charge in [-0.1, -0.05) is 11.3 Å². The largest absolute Gasteiger partial charge is 0.450 e. The molecule has 7 nitrogen and oxygen atoms in total. The Morgan fingerprint density at radius 1 is 1.26 bits per heavy atom. The van der Waals surface area contributed by atoms with Crippen molar-refractivity contribution in [2.45, 2.75) is 26.9 Å². The number of ether oxygens (including phenoxy) is 2. The molecule has 2 N–H and O–H groups in total. The number of amides is 2. The van der Waals surface area contributed by atoms with Crippen LogP contribution in [0.25, 0.3) is 10.2 Å². The van der Waals surface area contributed by atoms with Crippen molar-refractivity contribution in [3.63, 3.8) is 0 Å². The Balaban J connectivity index is 2.09. The average Bonchev–Trinajstić information content (AvgIpc) is 2.88. The van der Waals surface area contributed by atoms with Crippen molar-refractivity contribution < 1.29 is 19.1 Å². The Labute approximate surface area is 138 Å². The van der Waals surface area contributed by atoms with E-state index < -0.39 is 12.2 Å². The van der Waals surface area contributed by atoms with Gasteiger partial charge in [-0.2, -0.15) is 0 Å². The minimum atomic E-state index is -0.536. The minimum Gasteiger partial charge on any atom is -0.450 e. The molecule has 0 fully saturated rings. The molecule has 1 aromatic carbocycles. The van der Waals surface area contributed by atoms with E-state index in [2.05, 4.69) is 15.6 Å². The highest BCUT2D eigenvalue weighted by Crippen LogP contribution is 2.28. The lowest BCUT2D eigenvalue weighted by Gasteiger charge is -2.11. The van der Waals surface area contributed by atoms with E-state index >= 15 is 0 Å². The van der Waals surface area contributed by atoms with Gasteiger partial charge in [0.25, 0.3) is 5.91 Å². The highest BCUT2D eigenvalue weighted by Gasteiger charge is 2.14. The van der Waals surface area contributed by atoms with Crippen LogP contribution in [0.1, 0.15) is 20.8 Å². The summed E-state index contributed by atoms with van der Waals surface area (Å²) in [6.07, 6.45) is -1.05. The highest BCUT2D eigenvalue weighted by atomic mass is 32.1. The van der Waals surface area contributed by atoms with Gasteiger partial charge < -0.3 is 14.8 Å². The standard InChI is InChI=1S/C15H19N3O4S/c1-4-21-9(3)13(19)16-10-6-7-11-12(8-10)23-14(17-11)18-15(20)22-5-2/h6-9H,4-5H2,1-3H3,(H,16,19)(H,17,18,20)/t9-/m0/s1. The Kier molecular flexibility index (Phi) is 5.89. The predicted molar refractivity (Wildman–Crippen MR) is 90.0 cm³/mol. The van der Waals surface area contributed by atoms with Gasteiger partial charge in [0, 0.05) is 12.3 Å². The van der Waals surface area contributed by atoms with Crippen molar-refractivity contribution >= 4 is 44.4 Å². The number of carbonyl (C=O) groups is 2. The molecule has 0 bridgehead atoms. The van der Waals surface area contributed by atoms with E-state index in [-0.39, 0.29) is 5.91 Å². The van der Waals surface area contributed by atoms with Crippen LogP contribution in [0.2, 0.25) is 0 Å². The van der Waals surface area contributed by atoms with Crippen LogP contribution in [0.5, 0.6) is 0 Å². The Bertz CT molecular complexity index is 701. The van der Waals surface area contributed by atoms with E-state index in [9.17, 15) is 9.59 Å². The maximum absolute atomic E-state index is 11.9. The molecule has 0 radical (unpaired) electrons. The van der Waals surface area contributed by atoms with Gasteiger partial charge in [0.1, 0.15) is 6.10 Å². The molecule has 0 aliphatic carbocycles. The molecule has 1 aromatic heterocycles. The third-order valence-electron chi connectivity index (χ3n) is 2.93. The number of rotatable bonds is 6. The first kappa shape index (κ1) is 17.2. The van der Waals surface area contributed by atoms with Crippen LogP contribution in [-0.4, -0.2) is 36.3 Å². The molecule has 1 atom stereocenters. The van der Waals surface area contributed by atoms with Crippen LogP contribution in [0.3, 0.4) is 0 Å². The molecule has 0 unspecified atom stereocenters. The molecule has 1 heterocycles. The number of hydrogen-bond donors (Lipinski definition) is 2. The zero-order chi connectivity index (χ0) is 16.8. The van der Waals surface area contributed by atoms with Crippen molar-refractivity contribution in [1.29, 1.82) is 0 Å². The number of carbonyl (C=O) groups excluding carboxylic acids is 2. The molecule has 0 aliphatic rings. The fourth-order valence-electron chi connectivity index (χ4n) is 1.88. The van der Waals surface area contributed by atoms with E-state index in [1.165, 1.54) is 11.3 Å². The molecule has 8 heteroatoms. The summed E-state index contributed by atoms with van der Waals surface area (Å²) in [5.74, 6) is -0.208. The molecule has 0 spiro atoms. The van der Waals surface area contributed by atoms with E-state index in [0.29, 0.717) is 24.0 Å². The molecule has 0 saturated carbocycles. The van der Waals surface area contributed by atoms with Crippen molar-refractivity contribution in [2.24, 2.45) is 0 Å². The number of benzene rings is 1. The zero-order valence-corrected chi connectivity index (χ0v) is 14.0. The normalized spacial score (nSPS) is 12.0. The second-order valence-corrected chi connectivity index (χ2v) is 5.66. The van der Waals surface area contributed by atoms with Gasteiger partial charge in [-0.15, -0.1) is 0 Å². The number of fused-ring (bicyclic) bond motifs is 1. The molecular weight excluding hydrogens is 318 g/mol. The highest BCUT2D eigenvalue weighted by molar-refractivity contribution is 7.22. The summed E-state index contributed by atoms with van der Waals surface area (Å²) >= 11 is 1.31. The lowest BCUT2D eigenvalue weighted by Crippen LogP contribution is -2.27. The Morgan fingerprint density at radius 2 is 2.04 bits per heavy atom. The first-order chi connectivity index (χ1) is 11.0. The van der Waals surface area contributed by atoms with Crippen molar-refractivity contribution in [3.05, 3.63) is 18.2 Å². The monoisotopic (exact) mass is 337 g/mol. The molecule has 0 saturated heterocycles. The van der Waals surface area contributed by atoms with Gasteiger partial charge in [0.15, 0.2) is 5.13 Å². The summed E-state index contributed by atoms with van der Waals surface area (Å²) in [5, 5.41) is 5.81. The van der Waals surface area contributed by atoms with Crippen molar-refractivity contribution in [3.8, 4) is 0 Å². The number of hydrogen-bond acceptors (Lipinski definition) is 6. The summed E-state index contributed by atoms with van der Waals surface area (Å²) in [7, 11) is 0. The van der Waals surface area contributed by atoms with E-state index in [0.717, 1.165) is 10.2 Å². The Morgan fingerprint density at radius 3 is 2.74 bits per heavy atom. The molecular formula is C15H19N3O4S. The van der Waals surface area contributed by atoms with Gasteiger partial charge in [-0.3, -0.25) is 10.1 Å². The average molecular weight is 337 g/mol. The number of thiazole rings is 1. The van der Waals surface area contributed by atoms with Gasteiger partial charge in [-0.25, -0.2) is 9.78 Å². The summed E-state index contributed by atoms with van der Waals surface area (Å²) in [6.45, 7) is 6.04. The maximum Gasteiger partial charge on any atom is 0.413 e. The van der Waals surface area contributed by atoms with Gasteiger partial charge >= 0.3 is 6.09 Å². The van der Waals surface area contributed by atoms with Crippen molar-refractivity contribution in [2.75, 3.05) is 23.8 Å². The number of nitrogens with one attached hydrogen (secondary N) is 2. The topological polar surface area (TPSA) is 89.5 Å². The van der Waals surface area contributed by atoms with Crippen LogP contribution in [0, 0.1) is 0 Å². The lowest BCUT2D eigenvalue weighted by molar-refractivity contribution is -0.126. The van der Waals surface area contributed by atoms with Crippen LogP contribution in [-0.2, 0) is 14.3 Å².